The molecule has 0 amide bonds. The first kappa shape index (κ1) is 21.5. The highest BCUT2D eigenvalue weighted by Crippen LogP contribution is 2.30. The van der Waals surface area contributed by atoms with E-state index < -0.39 is 21.4 Å². The summed E-state index contributed by atoms with van der Waals surface area (Å²) >= 11 is 0. The molecule has 158 valence electrons. The third kappa shape index (κ3) is 4.69. The molecule has 1 aromatic heterocycles. The number of fused-ring (bicyclic) bond motifs is 1. The highest BCUT2D eigenvalue weighted by Gasteiger charge is 2.26. The largest absolute Gasteiger partial charge is 0.370 e. The van der Waals surface area contributed by atoms with Crippen molar-refractivity contribution in [2.45, 2.75) is 63.9 Å². The van der Waals surface area contributed by atoms with Gasteiger partial charge in [-0.2, -0.15) is 5.10 Å². The van der Waals surface area contributed by atoms with Crippen molar-refractivity contribution < 1.29 is 17.6 Å². The second kappa shape index (κ2) is 8.26. The number of aromatic nitrogens is 2. The average molecular weight is 422 g/mol. The van der Waals surface area contributed by atoms with Gasteiger partial charge in [-0.25, -0.2) is 17.5 Å². The number of carbonyl (C=O) groups is 1. The monoisotopic (exact) mass is 421 g/mol. The van der Waals surface area contributed by atoms with Crippen LogP contribution in [0.3, 0.4) is 0 Å². The molecule has 2 aromatic rings. The Balaban J connectivity index is 1.86. The number of aryl methyl sites for hydroxylation is 1. The van der Waals surface area contributed by atoms with Crippen LogP contribution in [0, 0.1) is 5.82 Å². The van der Waals surface area contributed by atoms with Crippen molar-refractivity contribution in [3.05, 3.63) is 40.7 Å². The van der Waals surface area contributed by atoms with Gasteiger partial charge in [0.25, 0.3) is 0 Å². The Morgan fingerprint density at radius 3 is 2.34 bits per heavy atom. The number of nitrogens with zero attached hydrogens (tertiary/aromatic N) is 2. The van der Waals surface area contributed by atoms with E-state index in [1.54, 1.807) is 4.68 Å². The normalized spacial score (nSPS) is 14.2. The number of Topliss-reactive ketones (excluding diaryl/α,β-unsaturated/α-hetero) is 1. The van der Waals surface area contributed by atoms with Crippen LogP contribution in [-0.4, -0.2) is 36.3 Å². The smallest absolute Gasteiger partial charge is 0.204 e. The van der Waals surface area contributed by atoms with E-state index >= 15 is 0 Å². The minimum atomic E-state index is -3.84. The molecule has 0 saturated heterocycles. The summed E-state index contributed by atoms with van der Waals surface area (Å²) in [6.45, 7) is 9.17. The van der Waals surface area contributed by atoms with Gasteiger partial charge >= 0.3 is 0 Å². The Labute approximate surface area is 171 Å². The zero-order valence-corrected chi connectivity index (χ0v) is 18.1. The number of benzene rings is 1. The lowest BCUT2D eigenvalue weighted by Crippen LogP contribution is -2.21. The van der Waals surface area contributed by atoms with Crippen molar-refractivity contribution in [1.29, 1.82) is 0 Å². The van der Waals surface area contributed by atoms with Gasteiger partial charge in [0.05, 0.1) is 0 Å². The predicted molar refractivity (Wildman–Crippen MR) is 111 cm³/mol. The fourth-order valence-corrected chi connectivity index (χ4v) is 4.94. The summed E-state index contributed by atoms with van der Waals surface area (Å²) in [5.41, 5.74) is 2.24. The van der Waals surface area contributed by atoms with Crippen LogP contribution in [0.1, 0.15) is 62.6 Å². The Hall–Kier alpha value is -2.22. The third-order valence-electron chi connectivity index (χ3n) is 5.18. The lowest BCUT2D eigenvalue weighted by atomic mass is 9.86. The number of halogens is 1. The van der Waals surface area contributed by atoms with Gasteiger partial charge in [-0.3, -0.25) is 4.79 Å². The lowest BCUT2D eigenvalue weighted by molar-refractivity contribution is -0.116. The van der Waals surface area contributed by atoms with Crippen molar-refractivity contribution >= 4 is 21.4 Å². The topological polar surface area (TPSA) is 81.1 Å². The molecule has 3 rings (SSSR count). The summed E-state index contributed by atoms with van der Waals surface area (Å²) in [6, 6.07) is 4.38. The molecule has 1 aromatic carbocycles. The van der Waals surface area contributed by atoms with Gasteiger partial charge in [0, 0.05) is 25.6 Å². The molecule has 0 fully saturated rings. The first-order valence-electron chi connectivity index (χ1n) is 9.97. The fourth-order valence-electron chi connectivity index (χ4n) is 3.75. The zero-order valence-electron chi connectivity index (χ0n) is 17.3. The first-order valence-corrected chi connectivity index (χ1v) is 11.6. The molecule has 0 aliphatic carbocycles. The van der Waals surface area contributed by atoms with E-state index in [0.29, 0.717) is 12.4 Å². The van der Waals surface area contributed by atoms with Crippen LogP contribution in [0.5, 0.6) is 0 Å². The number of hydrogen-bond donors (Lipinski definition) is 1. The maximum atomic E-state index is 14.1. The number of ketones is 1. The molecular formula is C21H28FN3O3S. The Morgan fingerprint density at radius 2 is 1.79 bits per heavy atom. The standard InChI is InChI=1S/C21H28FN3O3S/c1-13(2)17-8-15(22)9-18(14(3)4)19(17)10-16(26)12-29(27,28)21-11-20-23-6-5-7-25(20)24-21/h8-9,11,13-14,23H,5-7,10,12H2,1-4H3. The van der Waals surface area contributed by atoms with Gasteiger partial charge in [-0.15, -0.1) is 0 Å². The quantitative estimate of drug-likeness (QED) is 0.738. The van der Waals surface area contributed by atoms with Crippen LogP contribution in [0.2, 0.25) is 0 Å². The summed E-state index contributed by atoms with van der Waals surface area (Å²) in [5, 5.41) is 7.18. The van der Waals surface area contributed by atoms with Gasteiger partial charge in [-0.1, -0.05) is 27.7 Å². The van der Waals surface area contributed by atoms with E-state index in [2.05, 4.69) is 10.4 Å². The van der Waals surface area contributed by atoms with Gasteiger partial charge in [-0.05, 0) is 47.1 Å². The van der Waals surface area contributed by atoms with E-state index in [1.807, 2.05) is 27.7 Å². The fraction of sp³-hybridized carbons (Fsp3) is 0.524. The maximum absolute atomic E-state index is 14.1. The lowest BCUT2D eigenvalue weighted by Gasteiger charge is -2.19. The highest BCUT2D eigenvalue weighted by atomic mass is 32.2. The van der Waals surface area contributed by atoms with Crippen molar-refractivity contribution in [3.63, 3.8) is 0 Å². The molecular weight excluding hydrogens is 393 g/mol. The molecule has 8 heteroatoms. The minimum absolute atomic E-state index is 0.0218. The molecule has 6 nitrogen and oxygen atoms in total. The number of carbonyl (C=O) groups excluding carboxylic acids is 1. The maximum Gasteiger partial charge on any atom is 0.204 e. The van der Waals surface area contributed by atoms with E-state index in [1.165, 1.54) is 18.2 Å². The molecule has 1 aliphatic heterocycles. The van der Waals surface area contributed by atoms with Gasteiger partial charge < -0.3 is 5.32 Å². The molecule has 0 bridgehead atoms. The van der Waals surface area contributed by atoms with Gasteiger partial charge in [0.1, 0.15) is 17.4 Å². The number of anilines is 1. The van der Waals surface area contributed by atoms with Crippen LogP contribution in [0.4, 0.5) is 10.2 Å². The van der Waals surface area contributed by atoms with Crippen LogP contribution >= 0.6 is 0 Å². The third-order valence-corrected chi connectivity index (χ3v) is 6.72. The Kier molecular flexibility index (Phi) is 6.12. The van der Waals surface area contributed by atoms with Crippen molar-refractivity contribution in [2.75, 3.05) is 17.6 Å². The van der Waals surface area contributed by atoms with Crippen molar-refractivity contribution in [2.24, 2.45) is 0 Å². The van der Waals surface area contributed by atoms with E-state index in [0.717, 1.165) is 29.7 Å². The molecule has 1 aliphatic rings. The molecule has 0 spiro atoms. The van der Waals surface area contributed by atoms with E-state index in [4.69, 9.17) is 0 Å². The van der Waals surface area contributed by atoms with Crippen LogP contribution in [-0.2, 0) is 27.6 Å². The molecule has 0 unspecified atom stereocenters. The highest BCUT2D eigenvalue weighted by molar-refractivity contribution is 7.92. The number of rotatable bonds is 7. The van der Waals surface area contributed by atoms with Gasteiger partial charge in [0.15, 0.2) is 10.8 Å². The summed E-state index contributed by atoms with van der Waals surface area (Å²) in [5.74, 6) is -0.667. The second-order valence-corrected chi connectivity index (χ2v) is 10.2. The molecule has 0 radical (unpaired) electrons. The number of sulfone groups is 1. The predicted octanol–water partition coefficient (Wildman–Crippen LogP) is 3.67. The second-order valence-electron chi connectivity index (χ2n) is 8.22. The van der Waals surface area contributed by atoms with Crippen molar-refractivity contribution in [3.8, 4) is 0 Å². The minimum Gasteiger partial charge on any atom is -0.370 e. The summed E-state index contributed by atoms with van der Waals surface area (Å²) in [7, 11) is -3.84. The first-order chi connectivity index (χ1) is 13.6. The molecule has 2 heterocycles. The van der Waals surface area contributed by atoms with E-state index in [-0.39, 0.29) is 29.1 Å². The van der Waals surface area contributed by atoms with Crippen LogP contribution in [0.15, 0.2) is 23.2 Å². The molecule has 0 saturated carbocycles. The van der Waals surface area contributed by atoms with Crippen molar-refractivity contribution in [1.82, 2.24) is 9.78 Å². The number of nitrogens with one attached hydrogen (secondary N) is 1. The van der Waals surface area contributed by atoms with E-state index in [9.17, 15) is 17.6 Å². The SMILES string of the molecule is CC(C)c1cc(F)cc(C(C)C)c1CC(=O)CS(=O)(=O)c1cc2n(n1)CCCN2. The molecule has 0 atom stereocenters. The molecule has 29 heavy (non-hydrogen) atoms. The van der Waals surface area contributed by atoms with Crippen LogP contribution in [0.25, 0.3) is 0 Å². The summed E-state index contributed by atoms with van der Waals surface area (Å²) < 4.78 is 41.2. The zero-order chi connectivity index (χ0) is 21.3. The number of hydrogen-bond acceptors (Lipinski definition) is 5. The molecule has 1 N–H and O–H groups in total. The Morgan fingerprint density at radius 1 is 1.17 bits per heavy atom. The van der Waals surface area contributed by atoms with Gasteiger partial charge in [0.2, 0.25) is 9.84 Å². The van der Waals surface area contributed by atoms with Crippen LogP contribution < -0.4 is 5.32 Å². The summed E-state index contributed by atoms with van der Waals surface area (Å²) in [6.07, 6.45) is 0.833. The summed E-state index contributed by atoms with van der Waals surface area (Å²) in [4.78, 5) is 12.8. The average Bonchev–Trinajstić information content (AvgIpc) is 3.07. The Bertz CT molecular complexity index is 973.